The Bertz CT molecular complexity index is 621. The number of hydrogen-bond acceptors (Lipinski definition) is 4. The smallest absolute Gasteiger partial charge is 0.341 e. The number of nitrogens with zero attached hydrogens (tertiary/aromatic N) is 3. The lowest BCUT2D eigenvalue weighted by Crippen LogP contribution is -2.21. The zero-order chi connectivity index (χ0) is 14.2. The highest BCUT2D eigenvalue weighted by Gasteiger charge is 2.22. The van der Waals surface area contributed by atoms with E-state index in [0.29, 0.717) is 18.1 Å². The van der Waals surface area contributed by atoms with E-state index in [1.165, 1.54) is 0 Å². The van der Waals surface area contributed by atoms with E-state index >= 15 is 0 Å². The Balaban J connectivity index is 2.33. The lowest BCUT2D eigenvalue weighted by Gasteiger charge is -2.19. The van der Waals surface area contributed by atoms with Gasteiger partial charge in [0.25, 0.3) is 0 Å². The largest absolute Gasteiger partial charge is 0.477 e. The lowest BCUT2D eigenvalue weighted by molar-refractivity contribution is 0.0696. The molecule has 0 saturated carbocycles. The fourth-order valence-corrected chi connectivity index (χ4v) is 3.58. The Morgan fingerprint density at radius 3 is 2.84 bits per heavy atom. The van der Waals surface area contributed by atoms with Crippen molar-refractivity contribution < 1.29 is 9.90 Å². The highest BCUT2D eigenvalue weighted by Crippen LogP contribution is 2.26. The zero-order valence-electron chi connectivity index (χ0n) is 10.8. The number of aromatic carboxylic acids is 1. The molecule has 0 aromatic carbocycles. The van der Waals surface area contributed by atoms with Crippen LogP contribution in [-0.2, 0) is 13.6 Å². The first-order valence-corrected chi connectivity index (χ1v) is 7.28. The molecule has 2 rings (SSSR count). The van der Waals surface area contributed by atoms with Gasteiger partial charge in [-0.15, -0.1) is 11.3 Å². The number of anilines is 1. The van der Waals surface area contributed by atoms with Gasteiger partial charge in [0.1, 0.15) is 11.4 Å². The van der Waals surface area contributed by atoms with Gasteiger partial charge in [0, 0.05) is 28.8 Å². The van der Waals surface area contributed by atoms with E-state index in [9.17, 15) is 9.90 Å². The highest BCUT2D eigenvalue weighted by molar-refractivity contribution is 9.10. The summed E-state index contributed by atoms with van der Waals surface area (Å²) in [5.41, 5.74) is 0.796. The van der Waals surface area contributed by atoms with E-state index in [4.69, 9.17) is 0 Å². The van der Waals surface area contributed by atoms with E-state index in [1.807, 2.05) is 23.4 Å². The van der Waals surface area contributed by atoms with Gasteiger partial charge >= 0.3 is 5.97 Å². The Labute approximate surface area is 123 Å². The number of thiophene rings is 1. The summed E-state index contributed by atoms with van der Waals surface area (Å²) in [5.74, 6) is -0.325. The number of carboxylic acid groups (broad SMARTS) is 1. The van der Waals surface area contributed by atoms with Crippen molar-refractivity contribution in [3.05, 3.63) is 32.1 Å². The minimum absolute atomic E-state index is 0.264. The van der Waals surface area contributed by atoms with E-state index in [0.717, 1.165) is 9.35 Å². The zero-order valence-corrected chi connectivity index (χ0v) is 13.2. The van der Waals surface area contributed by atoms with Crippen LogP contribution in [0.1, 0.15) is 20.9 Å². The van der Waals surface area contributed by atoms with Crippen LogP contribution in [0, 0.1) is 6.92 Å². The number of halogens is 1. The normalized spacial score (nSPS) is 10.7. The van der Waals surface area contributed by atoms with Gasteiger partial charge in [-0.3, -0.25) is 4.68 Å². The van der Waals surface area contributed by atoms with Crippen LogP contribution in [0.2, 0.25) is 0 Å². The van der Waals surface area contributed by atoms with Crippen LogP contribution in [-0.4, -0.2) is 27.9 Å². The molecule has 0 bridgehead atoms. The van der Waals surface area contributed by atoms with Gasteiger partial charge < -0.3 is 10.0 Å². The molecule has 0 unspecified atom stereocenters. The summed E-state index contributed by atoms with van der Waals surface area (Å²) < 4.78 is 2.65. The standard InChI is InChI=1S/C12H14BrN3O2S/c1-7-10(12(17)18)11(16(3)14-7)15(2)5-9-4-8(13)6-19-9/h4,6H,5H2,1-3H3,(H,17,18). The molecule has 0 saturated heterocycles. The molecule has 0 atom stereocenters. The van der Waals surface area contributed by atoms with Crippen molar-refractivity contribution in [2.75, 3.05) is 11.9 Å². The second-order valence-corrected chi connectivity index (χ2v) is 6.21. The molecule has 0 amide bonds. The topological polar surface area (TPSA) is 58.4 Å². The third-order valence-corrected chi connectivity index (χ3v) is 4.46. The number of hydrogen-bond donors (Lipinski definition) is 1. The number of carbonyl (C=O) groups is 1. The molecule has 0 aliphatic carbocycles. The summed E-state index contributed by atoms with van der Waals surface area (Å²) in [5, 5.41) is 15.5. The van der Waals surface area contributed by atoms with Gasteiger partial charge in [0.05, 0.1) is 12.2 Å². The summed E-state index contributed by atoms with van der Waals surface area (Å²) in [4.78, 5) is 14.4. The molecule has 0 spiro atoms. The molecular formula is C12H14BrN3O2S. The highest BCUT2D eigenvalue weighted by atomic mass is 79.9. The quantitative estimate of drug-likeness (QED) is 0.927. The summed E-state index contributed by atoms with van der Waals surface area (Å²) in [6.07, 6.45) is 0. The summed E-state index contributed by atoms with van der Waals surface area (Å²) in [7, 11) is 3.63. The van der Waals surface area contributed by atoms with Gasteiger partial charge in [0.15, 0.2) is 0 Å². The van der Waals surface area contributed by atoms with Crippen molar-refractivity contribution in [2.45, 2.75) is 13.5 Å². The van der Waals surface area contributed by atoms with Crippen LogP contribution < -0.4 is 4.90 Å². The van der Waals surface area contributed by atoms with Crippen LogP contribution in [0.4, 0.5) is 5.82 Å². The summed E-state index contributed by atoms with van der Waals surface area (Å²) in [6.45, 7) is 2.36. The van der Waals surface area contributed by atoms with E-state index in [1.54, 1.807) is 30.0 Å². The number of aryl methyl sites for hydroxylation is 2. The van der Waals surface area contributed by atoms with Gasteiger partial charge in [-0.25, -0.2) is 4.79 Å². The second kappa shape index (κ2) is 5.34. The van der Waals surface area contributed by atoms with Crippen LogP contribution in [0.25, 0.3) is 0 Å². The van der Waals surface area contributed by atoms with Crippen LogP contribution in [0.3, 0.4) is 0 Å². The Morgan fingerprint density at radius 1 is 1.63 bits per heavy atom. The average molecular weight is 344 g/mol. The first-order chi connectivity index (χ1) is 8.90. The maximum atomic E-state index is 11.3. The van der Waals surface area contributed by atoms with Gasteiger partial charge in [0.2, 0.25) is 0 Å². The van der Waals surface area contributed by atoms with Gasteiger partial charge in [-0.05, 0) is 28.9 Å². The maximum absolute atomic E-state index is 11.3. The van der Waals surface area contributed by atoms with E-state index < -0.39 is 5.97 Å². The van der Waals surface area contributed by atoms with Crippen LogP contribution in [0.5, 0.6) is 0 Å². The molecule has 19 heavy (non-hydrogen) atoms. The molecule has 0 aliphatic heterocycles. The van der Waals surface area contributed by atoms with Crippen molar-refractivity contribution in [3.8, 4) is 0 Å². The van der Waals surface area contributed by atoms with Crippen LogP contribution in [0.15, 0.2) is 15.9 Å². The molecule has 1 N–H and O–H groups in total. The Hall–Kier alpha value is -1.34. The molecule has 7 heteroatoms. The predicted molar refractivity (Wildman–Crippen MR) is 79.0 cm³/mol. The average Bonchev–Trinajstić information content (AvgIpc) is 2.82. The summed E-state index contributed by atoms with van der Waals surface area (Å²) in [6, 6.07) is 2.03. The lowest BCUT2D eigenvalue weighted by atomic mass is 10.2. The van der Waals surface area contributed by atoms with Crippen LogP contribution >= 0.6 is 27.3 Å². The first kappa shape index (κ1) is 14.1. The van der Waals surface area contributed by atoms with Gasteiger partial charge in [-0.2, -0.15) is 5.10 Å². The predicted octanol–water partition coefficient (Wildman–Crippen LogP) is 2.89. The van der Waals surface area contributed by atoms with E-state index in [2.05, 4.69) is 21.0 Å². The third kappa shape index (κ3) is 2.82. The molecule has 0 aliphatic rings. The Kier molecular flexibility index (Phi) is 3.96. The van der Waals surface area contributed by atoms with E-state index in [-0.39, 0.29) is 5.56 Å². The van der Waals surface area contributed by atoms with Gasteiger partial charge in [-0.1, -0.05) is 0 Å². The number of aromatic nitrogens is 2. The van der Waals surface area contributed by atoms with Crippen molar-refractivity contribution in [2.24, 2.45) is 7.05 Å². The number of rotatable bonds is 4. The molecule has 5 nitrogen and oxygen atoms in total. The van der Waals surface area contributed by atoms with Crippen molar-refractivity contribution in [1.82, 2.24) is 9.78 Å². The minimum Gasteiger partial charge on any atom is -0.477 e. The fraction of sp³-hybridized carbons (Fsp3) is 0.333. The first-order valence-electron chi connectivity index (χ1n) is 5.61. The third-order valence-electron chi connectivity index (χ3n) is 2.78. The molecule has 2 aromatic heterocycles. The molecule has 0 radical (unpaired) electrons. The monoisotopic (exact) mass is 343 g/mol. The Morgan fingerprint density at radius 2 is 2.32 bits per heavy atom. The fourth-order valence-electron chi connectivity index (χ4n) is 2.08. The number of carboxylic acids is 1. The molecule has 102 valence electrons. The van der Waals surface area contributed by atoms with Crippen molar-refractivity contribution in [3.63, 3.8) is 0 Å². The molecule has 2 aromatic rings. The second-order valence-electron chi connectivity index (χ2n) is 4.30. The molecular weight excluding hydrogens is 330 g/mol. The van der Waals surface area contributed by atoms with Crippen molar-refractivity contribution >= 4 is 39.1 Å². The van der Waals surface area contributed by atoms with Crippen molar-refractivity contribution in [1.29, 1.82) is 0 Å². The molecule has 2 heterocycles. The molecule has 0 fully saturated rings. The maximum Gasteiger partial charge on any atom is 0.341 e. The summed E-state index contributed by atoms with van der Waals surface area (Å²) >= 11 is 5.05. The SMILES string of the molecule is Cc1nn(C)c(N(C)Cc2cc(Br)cs2)c1C(=O)O. The minimum atomic E-state index is -0.945.